The molecule has 0 radical (unpaired) electrons. The van der Waals surface area contributed by atoms with E-state index in [4.69, 9.17) is 0 Å². The van der Waals surface area contributed by atoms with Gasteiger partial charge in [0.1, 0.15) is 5.52 Å². The maximum Gasteiger partial charge on any atom is 0.105 e. The molecular weight excluding hydrogens is 388 g/mol. The lowest BCUT2D eigenvalue weighted by Gasteiger charge is -2.12. The van der Waals surface area contributed by atoms with Crippen LogP contribution in [-0.2, 0) is 0 Å². The molecule has 5 aromatic carbocycles. The van der Waals surface area contributed by atoms with E-state index in [0.29, 0.717) is 0 Å². The molecule has 2 aromatic heterocycles. The van der Waals surface area contributed by atoms with E-state index in [0.717, 1.165) is 16.9 Å². The van der Waals surface area contributed by atoms with Crippen LogP contribution in [0.4, 0.5) is 0 Å². The summed E-state index contributed by atoms with van der Waals surface area (Å²) in [5, 5.41) is 4.97. The lowest BCUT2D eigenvalue weighted by Crippen LogP contribution is -1.98. The zero-order chi connectivity index (χ0) is 21.1. The molecule has 0 aliphatic carbocycles. The van der Waals surface area contributed by atoms with Gasteiger partial charge in [0.05, 0.1) is 16.6 Å². The fourth-order valence-electron chi connectivity index (χ4n) is 5.03. The molecule has 0 unspecified atom stereocenters. The molecular formula is C30H18N2. The second-order valence-electron chi connectivity index (χ2n) is 8.11. The number of fused-ring (bicyclic) bond motifs is 6. The lowest BCUT2D eigenvalue weighted by molar-refractivity contribution is 1.13. The molecule has 0 amide bonds. The molecule has 7 rings (SSSR count). The van der Waals surface area contributed by atoms with Gasteiger partial charge < -0.3 is 9.13 Å². The average molecular weight is 406 g/mol. The number of hydrogen-bond acceptors (Lipinski definition) is 0. The Balaban J connectivity index is 1.55. The molecule has 0 fully saturated rings. The molecule has 0 aliphatic rings. The first-order chi connectivity index (χ1) is 15.9. The van der Waals surface area contributed by atoms with E-state index in [1.807, 2.05) is 6.07 Å². The van der Waals surface area contributed by atoms with Crippen LogP contribution in [0.1, 0.15) is 0 Å². The normalized spacial score (nSPS) is 11.5. The third-order valence-corrected chi connectivity index (χ3v) is 6.36. The summed E-state index contributed by atoms with van der Waals surface area (Å²) >= 11 is 0. The number of aromatic nitrogens is 2. The highest BCUT2D eigenvalue weighted by atomic mass is 15.0. The second-order valence-corrected chi connectivity index (χ2v) is 8.11. The largest absolute Gasteiger partial charge is 0.309 e. The van der Waals surface area contributed by atoms with Gasteiger partial charge in [-0.1, -0.05) is 66.7 Å². The van der Waals surface area contributed by atoms with E-state index in [-0.39, 0.29) is 0 Å². The Morgan fingerprint density at radius 3 is 1.66 bits per heavy atom. The first kappa shape index (κ1) is 17.2. The monoisotopic (exact) mass is 406 g/mol. The maximum absolute atomic E-state index is 3.35. The van der Waals surface area contributed by atoms with Gasteiger partial charge in [0.25, 0.3) is 0 Å². The highest BCUT2D eigenvalue weighted by Gasteiger charge is 2.14. The fraction of sp³-hybridized carbons (Fsp3) is 0. The molecule has 7 aromatic rings. The third kappa shape index (κ3) is 2.31. The van der Waals surface area contributed by atoms with Crippen molar-refractivity contribution >= 4 is 43.6 Å². The van der Waals surface area contributed by atoms with Crippen molar-refractivity contribution in [3.8, 4) is 11.4 Å². The molecule has 0 atom stereocenters. The number of hydrogen-bond donors (Lipinski definition) is 0. The Bertz CT molecular complexity index is 1550. The third-order valence-electron chi connectivity index (χ3n) is 6.36. The summed E-state index contributed by atoms with van der Waals surface area (Å²) in [6.45, 7) is 0. The Hall–Kier alpha value is -4.48. The minimum atomic E-state index is 1.05. The van der Waals surface area contributed by atoms with Crippen molar-refractivity contribution in [1.82, 2.24) is 9.13 Å². The molecule has 2 heterocycles. The van der Waals surface area contributed by atoms with Crippen LogP contribution in [0.3, 0.4) is 0 Å². The summed E-state index contributed by atoms with van der Waals surface area (Å²) in [7, 11) is 0. The van der Waals surface area contributed by atoms with Gasteiger partial charge in [-0.2, -0.15) is 0 Å². The summed E-state index contributed by atoms with van der Waals surface area (Å²) in [5.74, 6) is 0. The SMILES string of the molecule is c1ccc2c3ccccc3n(-c3cccc(-n4c5ccccc5c5ccccc54)c3)c2c#1. The van der Waals surface area contributed by atoms with Crippen LogP contribution in [0.5, 0.6) is 0 Å². The van der Waals surface area contributed by atoms with Crippen LogP contribution in [0.2, 0.25) is 0 Å². The minimum absolute atomic E-state index is 1.05. The molecule has 32 heavy (non-hydrogen) atoms. The molecule has 0 bridgehead atoms. The van der Waals surface area contributed by atoms with Crippen LogP contribution >= 0.6 is 0 Å². The number of benzene rings is 4. The maximum atomic E-state index is 3.35. The van der Waals surface area contributed by atoms with Crippen molar-refractivity contribution in [2.24, 2.45) is 0 Å². The van der Waals surface area contributed by atoms with E-state index < -0.39 is 0 Å². The van der Waals surface area contributed by atoms with Gasteiger partial charge in [-0.05, 0) is 54.6 Å². The second kappa shape index (κ2) is 6.51. The van der Waals surface area contributed by atoms with E-state index in [1.54, 1.807) is 0 Å². The van der Waals surface area contributed by atoms with Gasteiger partial charge >= 0.3 is 0 Å². The summed E-state index contributed by atoms with van der Waals surface area (Å²) in [6, 6.07) is 45.1. The van der Waals surface area contributed by atoms with Gasteiger partial charge in [-0.15, -0.1) is 0 Å². The summed E-state index contributed by atoms with van der Waals surface area (Å²) in [4.78, 5) is 0. The van der Waals surface area contributed by atoms with E-state index in [9.17, 15) is 0 Å². The summed E-state index contributed by atoms with van der Waals surface area (Å²) in [6.07, 6.45) is 0. The Morgan fingerprint density at radius 1 is 0.469 bits per heavy atom. The average Bonchev–Trinajstić information content (AvgIpc) is 3.37. The quantitative estimate of drug-likeness (QED) is 0.282. The number of para-hydroxylation sites is 3. The van der Waals surface area contributed by atoms with Crippen LogP contribution < -0.4 is 0 Å². The lowest BCUT2D eigenvalue weighted by atomic mass is 10.2. The fourth-order valence-corrected chi connectivity index (χ4v) is 5.03. The van der Waals surface area contributed by atoms with E-state index in [1.165, 1.54) is 38.1 Å². The molecule has 0 N–H and O–H groups in total. The highest BCUT2D eigenvalue weighted by Crippen LogP contribution is 2.34. The van der Waals surface area contributed by atoms with Crippen LogP contribution in [0.25, 0.3) is 55.0 Å². The molecule has 148 valence electrons. The zero-order valence-corrected chi connectivity index (χ0v) is 17.3. The van der Waals surface area contributed by atoms with E-state index in [2.05, 4.69) is 124 Å². The van der Waals surface area contributed by atoms with Crippen molar-refractivity contribution in [1.29, 1.82) is 0 Å². The van der Waals surface area contributed by atoms with Crippen molar-refractivity contribution in [3.63, 3.8) is 0 Å². The van der Waals surface area contributed by atoms with Crippen molar-refractivity contribution < 1.29 is 0 Å². The van der Waals surface area contributed by atoms with Gasteiger partial charge in [0.2, 0.25) is 0 Å². The molecule has 2 nitrogen and oxygen atoms in total. The summed E-state index contributed by atoms with van der Waals surface area (Å²) < 4.78 is 4.65. The minimum Gasteiger partial charge on any atom is -0.309 e. The number of rotatable bonds is 2. The topological polar surface area (TPSA) is 9.86 Å². The van der Waals surface area contributed by atoms with Crippen LogP contribution in [-0.4, -0.2) is 9.13 Å². The van der Waals surface area contributed by atoms with Crippen LogP contribution in [0, 0.1) is 12.1 Å². The van der Waals surface area contributed by atoms with Gasteiger partial charge in [-0.3, -0.25) is 0 Å². The van der Waals surface area contributed by atoms with Gasteiger partial charge in [0, 0.05) is 32.9 Å². The van der Waals surface area contributed by atoms with Crippen molar-refractivity contribution in [3.05, 3.63) is 121 Å². The molecule has 2 heteroatoms. The molecule has 0 spiro atoms. The molecule has 0 saturated carbocycles. The highest BCUT2D eigenvalue weighted by molar-refractivity contribution is 6.10. The first-order valence-electron chi connectivity index (χ1n) is 10.8. The number of nitrogens with zero attached hydrogens (tertiary/aromatic N) is 2. The van der Waals surface area contributed by atoms with E-state index >= 15 is 0 Å². The predicted octanol–water partition coefficient (Wildman–Crippen LogP) is 7.48. The Kier molecular flexibility index (Phi) is 3.50. The molecule has 0 aliphatic heterocycles. The van der Waals surface area contributed by atoms with Crippen LogP contribution in [0.15, 0.2) is 109 Å². The predicted molar refractivity (Wildman–Crippen MR) is 133 cm³/mol. The zero-order valence-electron chi connectivity index (χ0n) is 17.3. The molecule has 0 saturated heterocycles. The van der Waals surface area contributed by atoms with Crippen molar-refractivity contribution in [2.75, 3.05) is 0 Å². The van der Waals surface area contributed by atoms with Gasteiger partial charge in [0.15, 0.2) is 0 Å². The van der Waals surface area contributed by atoms with Crippen molar-refractivity contribution in [2.45, 2.75) is 0 Å². The first-order valence-corrected chi connectivity index (χ1v) is 10.8. The Labute approximate surface area is 185 Å². The standard InChI is InChI=1S/C30H18N2/c1-5-16-27-23(12-1)24-13-2-6-17-28(24)31(27)21-10-9-11-22(20-21)32-29-18-7-3-14-25(29)26-15-4-8-19-30(26)32/h1-7,9-18,20H. The van der Waals surface area contributed by atoms with Gasteiger partial charge in [-0.25, -0.2) is 0 Å². The Morgan fingerprint density at radius 2 is 1.00 bits per heavy atom. The smallest absolute Gasteiger partial charge is 0.105 e. The summed E-state index contributed by atoms with van der Waals surface area (Å²) in [5.41, 5.74) is 6.92.